The lowest BCUT2D eigenvalue weighted by Crippen LogP contribution is -2.01. The molecule has 0 saturated heterocycles. The Morgan fingerprint density at radius 1 is 1.15 bits per heavy atom. The molecule has 0 atom stereocenters. The molecule has 20 heavy (non-hydrogen) atoms. The van der Waals surface area contributed by atoms with E-state index in [0.29, 0.717) is 11.5 Å². The Bertz CT molecular complexity index is 661. The summed E-state index contributed by atoms with van der Waals surface area (Å²) in [6, 6.07) is 6.97. The third-order valence-corrected chi connectivity index (χ3v) is 2.64. The van der Waals surface area contributed by atoms with Crippen molar-refractivity contribution in [2.75, 3.05) is 14.2 Å². The summed E-state index contributed by atoms with van der Waals surface area (Å²) < 4.78 is 15.0. The molecule has 104 valence electrons. The van der Waals surface area contributed by atoms with E-state index in [2.05, 4.69) is 0 Å². The van der Waals surface area contributed by atoms with Gasteiger partial charge < -0.3 is 13.9 Å². The minimum absolute atomic E-state index is 0.107. The van der Waals surface area contributed by atoms with Gasteiger partial charge in [-0.1, -0.05) is 0 Å². The van der Waals surface area contributed by atoms with Crippen molar-refractivity contribution in [3.05, 3.63) is 51.8 Å². The van der Waals surface area contributed by atoms with Crippen LogP contribution in [0, 0.1) is 10.1 Å². The molecule has 1 aromatic carbocycles. The number of benzene rings is 1. The Balaban J connectivity index is 2.35. The number of methoxy groups -OCH3 is 2. The monoisotopic (exact) mass is 277 g/mol. The number of ether oxygens (including phenoxy) is 2. The normalized spacial score (nSPS) is 10.1. The predicted molar refractivity (Wildman–Crippen MR) is 68.3 cm³/mol. The molecule has 0 amide bonds. The van der Waals surface area contributed by atoms with Gasteiger partial charge in [0.05, 0.1) is 20.3 Å². The number of furan rings is 1. The molecule has 0 spiro atoms. The fourth-order valence-corrected chi connectivity index (χ4v) is 1.67. The van der Waals surface area contributed by atoms with E-state index in [4.69, 9.17) is 13.9 Å². The lowest BCUT2D eigenvalue weighted by atomic mass is 10.1. The Morgan fingerprint density at radius 2 is 1.85 bits per heavy atom. The number of hydrogen-bond acceptors (Lipinski definition) is 6. The minimum Gasteiger partial charge on any atom is -0.493 e. The quantitative estimate of drug-likeness (QED) is 0.473. The van der Waals surface area contributed by atoms with Crippen LogP contribution >= 0.6 is 0 Å². The van der Waals surface area contributed by atoms with Crippen molar-refractivity contribution in [1.29, 1.82) is 0 Å². The standard InChI is InChI=1S/C13H11NO6/c1-18-9-4-3-8(7-11(9)19-2)13(15)10-5-6-12(20-10)14(16)17/h3-7H,1-2H3. The van der Waals surface area contributed by atoms with E-state index < -0.39 is 16.6 Å². The van der Waals surface area contributed by atoms with E-state index in [1.807, 2.05) is 0 Å². The van der Waals surface area contributed by atoms with E-state index in [1.165, 1.54) is 32.4 Å². The minimum atomic E-state index is -0.703. The van der Waals surface area contributed by atoms with Gasteiger partial charge in [0.2, 0.25) is 5.78 Å². The molecule has 0 saturated carbocycles. The summed E-state index contributed by atoms with van der Waals surface area (Å²) in [7, 11) is 2.93. The Labute approximate surface area is 113 Å². The predicted octanol–water partition coefficient (Wildman–Crippen LogP) is 2.44. The maximum atomic E-state index is 12.1. The van der Waals surface area contributed by atoms with Crippen LogP contribution in [0.3, 0.4) is 0 Å². The molecule has 2 rings (SSSR count). The van der Waals surface area contributed by atoms with Crippen LogP contribution in [-0.2, 0) is 0 Å². The van der Waals surface area contributed by atoms with Crippen LogP contribution in [0.4, 0.5) is 5.88 Å². The molecule has 0 aliphatic carbocycles. The smallest absolute Gasteiger partial charge is 0.433 e. The van der Waals surface area contributed by atoms with Crippen LogP contribution in [-0.4, -0.2) is 24.9 Å². The maximum Gasteiger partial charge on any atom is 0.433 e. The summed E-state index contributed by atoms with van der Waals surface area (Å²) in [5, 5.41) is 10.5. The molecule has 1 aromatic heterocycles. The number of rotatable bonds is 5. The molecule has 0 aliphatic heterocycles. The summed E-state index contributed by atoms with van der Waals surface area (Å²) in [5.41, 5.74) is 0.284. The second kappa shape index (κ2) is 5.43. The summed E-state index contributed by atoms with van der Waals surface area (Å²) in [6.45, 7) is 0. The van der Waals surface area contributed by atoms with Gasteiger partial charge in [-0.25, -0.2) is 0 Å². The van der Waals surface area contributed by atoms with E-state index in [-0.39, 0.29) is 11.3 Å². The summed E-state index contributed by atoms with van der Waals surface area (Å²) >= 11 is 0. The number of hydrogen-bond donors (Lipinski definition) is 0. The van der Waals surface area contributed by atoms with Gasteiger partial charge in [0.1, 0.15) is 4.92 Å². The molecule has 7 nitrogen and oxygen atoms in total. The fourth-order valence-electron chi connectivity index (χ4n) is 1.67. The molecular weight excluding hydrogens is 266 g/mol. The second-order valence-corrected chi connectivity index (χ2v) is 3.79. The molecule has 0 radical (unpaired) electrons. The largest absolute Gasteiger partial charge is 0.493 e. The topological polar surface area (TPSA) is 91.8 Å². The van der Waals surface area contributed by atoms with Crippen LogP contribution in [0.5, 0.6) is 11.5 Å². The second-order valence-electron chi connectivity index (χ2n) is 3.79. The lowest BCUT2D eigenvalue weighted by Gasteiger charge is -2.08. The summed E-state index contributed by atoms with van der Waals surface area (Å²) in [6.07, 6.45) is 0. The molecule has 2 aromatic rings. The summed E-state index contributed by atoms with van der Waals surface area (Å²) in [4.78, 5) is 22.0. The highest BCUT2D eigenvalue weighted by Gasteiger charge is 2.19. The molecule has 0 aliphatic rings. The first-order valence-corrected chi connectivity index (χ1v) is 5.57. The van der Waals surface area contributed by atoms with Crippen molar-refractivity contribution in [2.24, 2.45) is 0 Å². The zero-order valence-corrected chi connectivity index (χ0v) is 10.8. The number of carbonyl (C=O) groups is 1. The first-order valence-electron chi connectivity index (χ1n) is 5.57. The van der Waals surface area contributed by atoms with Gasteiger partial charge in [-0.2, -0.15) is 0 Å². The van der Waals surface area contributed by atoms with Gasteiger partial charge in [-0.3, -0.25) is 14.9 Å². The SMILES string of the molecule is COc1ccc(C(=O)c2ccc([N+](=O)[O-])o2)cc1OC. The highest BCUT2D eigenvalue weighted by Crippen LogP contribution is 2.29. The number of carbonyl (C=O) groups excluding carboxylic acids is 1. The van der Waals surface area contributed by atoms with Gasteiger partial charge in [-0.15, -0.1) is 0 Å². The first-order chi connectivity index (χ1) is 9.56. The molecule has 0 fully saturated rings. The van der Waals surface area contributed by atoms with Gasteiger partial charge in [0.25, 0.3) is 0 Å². The zero-order chi connectivity index (χ0) is 14.7. The molecular formula is C13H11NO6. The Hall–Kier alpha value is -2.83. The molecule has 0 N–H and O–H groups in total. The molecule has 0 unspecified atom stereocenters. The third-order valence-electron chi connectivity index (χ3n) is 2.64. The maximum absolute atomic E-state index is 12.1. The van der Waals surface area contributed by atoms with Crippen molar-refractivity contribution in [3.8, 4) is 11.5 Å². The zero-order valence-electron chi connectivity index (χ0n) is 10.8. The highest BCUT2D eigenvalue weighted by molar-refractivity contribution is 6.07. The van der Waals surface area contributed by atoms with E-state index in [9.17, 15) is 14.9 Å². The van der Waals surface area contributed by atoms with Crippen LogP contribution in [0.2, 0.25) is 0 Å². The van der Waals surface area contributed by atoms with Gasteiger partial charge in [-0.05, 0) is 24.3 Å². The van der Waals surface area contributed by atoms with Gasteiger partial charge in [0, 0.05) is 5.56 Å². The van der Waals surface area contributed by atoms with Crippen molar-refractivity contribution in [3.63, 3.8) is 0 Å². The third kappa shape index (κ3) is 2.46. The van der Waals surface area contributed by atoms with Crippen LogP contribution in [0.25, 0.3) is 0 Å². The number of nitro groups is 1. The Kier molecular flexibility index (Phi) is 3.69. The molecule has 7 heteroatoms. The average molecular weight is 277 g/mol. The number of nitrogens with zero attached hydrogens (tertiary/aromatic N) is 1. The van der Waals surface area contributed by atoms with Crippen molar-refractivity contribution in [2.45, 2.75) is 0 Å². The lowest BCUT2D eigenvalue weighted by molar-refractivity contribution is -0.402. The average Bonchev–Trinajstić information content (AvgIpc) is 2.95. The van der Waals surface area contributed by atoms with Crippen molar-refractivity contribution < 1.29 is 23.6 Å². The first kappa shape index (κ1) is 13.6. The number of ketones is 1. The Morgan fingerprint density at radius 3 is 2.40 bits per heavy atom. The van der Waals surface area contributed by atoms with Crippen LogP contribution in [0.15, 0.2) is 34.7 Å². The van der Waals surface area contributed by atoms with Crippen molar-refractivity contribution in [1.82, 2.24) is 0 Å². The molecule has 0 bridgehead atoms. The van der Waals surface area contributed by atoms with E-state index in [0.717, 1.165) is 6.07 Å². The fraction of sp³-hybridized carbons (Fsp3) is 0.154. The summed E-state index contributed by atoms with van der Waals surface area (Å²) in [5.74, 6) is -0.189. The highest BCUT2D eigenvalue weighted by atomic mass is 16.6. The van der Waals surface area contributed by atoms with Crippen molar-refractivity contribution >= 4 is 11.7 Å². The van der Waals surface area contributed by atoms with E-state index in [1.54, 1.807) is 6.07 Å². The van der Waals surface area contributed by atoms with Gasteiger partial charge >= 0.3 is 5.88 Å². The van der Waals surface area contributed by atoms with Crippen LogP contribution in [0.1, 0.15) is 16.1 Å². The van der Waals surface area contributed by atoms with E-state index >= 15 is 0 Å². The molecule has 1 heterocycles. The van der Waals surface area contributed by atoms with Crippen LogP contribution < -0.4 is 9.47 Å². The van der Waals surface area contributed by atoms with Gasteiger partial charge in [0.15, 0.2) is 17.3 Å².